The van der Waals surface area contributed by atoms with Crippen molar-refractivity contribution < 1.29 is 23.7 Å². The normalized spacial score (nSPS) is 19.3. The molecule has 1 aromatic heterocycles. The maximum absolute atomic E-state index is 12.9. The Morgan fingerprint density at radius 2 is 2.12 bits per heavy atom. The smallest absolute Gasteiger partial charge is 0.401 e. The molecule has 9 heteroatoms. The number of imide groups is 1. The van der Waals surface area contributed by atoms with Crippen LogP contribution < -0.4 is 4.57 Å². The highest BCUT2D eigenvalue weighted by atomic mass is 16.5. The Bertz CT molecular complexity index is 766. The lowest BCUT2D eigenvalue weighted by Crippen LogP contribution is -2.62. The second kappa shape index (κ2) is 5.73. The minimum atomic E-state index is -0.674. The number of likely N-dealkylation sites (N-methyl/N-ethyl adjacent to an activating group) is 1. The second-order valence-electron chi connectivity index (χ2n) is 5.75. The number of hydrogen-bond acceptors (Lipinski definition) is 5. The fraction of sp³-hybridized carbons (Fsp3) is 0.533. The first-order valence-corrected chi connectivity index (χ1v) is 7.76. The Morgan fingerprint density at radius 1 is 1.42 bits per heavy atom. The summed E-state index contributed by atoms with van der Waals surface area (Å²) < 4.78 is 8.35. The number of aromatic nitrogens is 2. The zero-order valence-corrected chi connectivity index (χ0v) is 14.1. The molecule has 1 fully saturated rings. The van der Waals surface area contributed by atoms with Gasteiger partial charge in [0, 0.05) is 13.6 Å². The van der Waals surface area contributed by atoms with Crippen LogP contribution in [0.4, 0.5) is 10.7 Å². The van der Waals surface area contributed by atoms with Crippen molar-refractivity contribution in [2.24, 2.45) is 4.99 Å². The van der Waals surface area contributed by atoms with Gasteiger partial charge in [0.15, 0.2) is 0 Å². The van der Waals surface area contributed by atoms with Crippen LogP contribution in [-0.2, 0) is 20.9 Å². The Labute approximate surface area is 139 Å². The molecule has 3 amide bonds. The Kier molecular flexibility index (Phi) is 3.86. The van der Waals surface area contributed by atoms with Gasteiger partial charge in [-0.2, -0.15) is 0 Å². The molecule has 3 heterocycles. The number of rotatable bonds is 4. The third kappa shape index (κ3) is 2.19. The molecule has 0 spiro atoms. The summed E-state index contributed by atoms with van der Waals surface area (Å²) >= 11 is 0. The van der Waals surface area contributed by atoms with Crippen LogP contribution in [0.1, 0.15) is 25.1 Å². The van der Waals surface area contributed by atoms with E-state index in [0.717, 1.165) is 17.1 Å². The molecule has 0 aromatic carbocycles. The fourth-order valence-electron chi connectivity index (χ4n) is 3.13. The third-order valence-corrected chi connectivity index (χ3v) is 4.41. The number of aliphatic imine (C=N–C) groups is 1. The summed E-state index contributed by atoms with van der Waals surface area (Å²) in [4.78, 5) is 43.6. The van der Waals surface area contributed by atoms with Crippen molar-refractivity contribution in [1.29, 1.82) is 0 Å². The van der Waals surface area contributed by atoms with Crippen molar-refractivity contribution >= 4 is 29.7 Å². The molecule has 0 bridgehead atoms. The zero-order valence-electron chi connectivity index (χ0n) is 14.1. The van der Waals surface area contributed by atoms with E-state index in [1.54, 1.807) is 11.6 Å². The van der Waals surface area contributed by atoms with E-state index in [9.17, 15) is 14.4 Å². The zero-order chi connectivity index (χ0) is 17.6. The van der Waals surface area contributed by atoms with Crippen LogP contribution in [0.3, 0.4) is 0 Å². The van der Waals surface area contributed by atoms with Crippen molar-refractivity contribution in [3.63, 3.8) is 0 Å². The van der Waals surface area contributed by atoms with E-state index in [1.165, 1.54) is 12.0 Å². The maximum Gasteiger partial charge on any atom is 0.401 e. The average Bonchev–Trinajstić information content (AvgIpc) is 3.06. The first kappa shape index (κ1) is 16.2. The van der Waals surface area contributed by atoms with E-state index in [4.69, 9.17) is 0 Å². The van der Waals surface area contributed by atoms with E-state index in [-0.39, 0.29) is 18.9 Å². The molecular weight excluding hydrogens is 314 g/mol. The molecular formula is C15H20N5O4+. The van der Waals surface area contributed by atoms with Crippen LogP contribution in [0.5, 0.6) is 0 Å². The van der Waals surface area contributed by atoms with Gasteiger partial charge in [0.25, 0.3) is 5.91 Å². The fourth-order valence-corrected chi connectivity index (χ4v) is 3.13. The number of ether oxygens (including phenoxy) is 1. The molecule has 24 heavy (non-hydrogen) atoms. The molecule has 9 nitrogen and oxygen atoms in total. The molecule has 2 aliphatic heterocycles. The molecule has 0 saturated carbocycles. The van der Waals surface area contributed by atoms with Gasteiger partial charge in [-0.15, -0.1) is 0 Å². The summed E-state index contributed by atoms with van der Waals surface area (Å²) in [5.41, 5.74) is 0.990. The quantitative estimate of drug-likeness (QED) is 0.579. The van der Waals surface area contributed by atoms with Gasteiger partial charge < -0.3 is 4.74 Å². The average molecular weight is 334 g/mol. The second-order valence-corrected chi connectivity index (χ2v) is 5.75. The highest BCUT2D eigenvalue weighted by Crippen LogP contribution is 2.29. The Morgan fingerprint density at radius 3 is 2.75 bits per heavy atom. The summed E-state index contributed by atoms with van der Waals surface area (Å²) in [6, 6.07) is -1.16. The van der Waals surface area contributed by atoms with Crippen molar-refractivity contribution in [2.45, 2.75) is 32.9 Å². The van der Waals surface area contributed by atoms with Gasteiger partial charge in [-0.05, 0) is 13.8 Å². The van der Waals surface area contributed by atoms with E-state index in [0.29, 0.717) is 11.8 Å². The molecule has 128 valence electrons. The Balaban J connectivity index is 1.96. The molecule has 1 saturated heterocycles. The minimum absolute atomic E-state index is 0.0121. The lowest BCUT2D eigenvalue weighted by Gasteiger charge is -2.32. The lowest BCUT2D eigenvalue weighted by molar-refractivity contribution is -0.677. The highest BCUT2D eigenvalue weighted by molar-refractivity contribution is 6.19. The van der Waals surface area contributed by atoms with Crippen LogP contribution in [0, 0.1) is 6.92 Å². The number of imidazole rings is 1. The van der Waals surface area contributed by atoms with Crippen LogP contribution in [0.25, 0.3) is 0 Å². The van der Waals surface area contributed by atoms with E-state index < -0.39 is 18.0 Å². The topological polar surface area (TPSA) is 88.1 Å². The predicted octanol–water partition coefficient (Wildman–Crippen LogP) is 0.146. The largest absolute Gasteiger partial charge is 0.469 e. The number of carbonyl (C=O) groups excluding carboxylic acids is 3. The number of amides is 3. The molecule has 0 N–H and O–H groups in total. The number of hydrogen-bond donors (Lipinski definition) is 0. The van der Waals surface area contributed by atoms with Gasteiger partial charge in [-0.25, -0.2) is 13.9 Å². The SMILES string of the molecule is CCn1c(C)c[n+]2c1N=C1C2C(=O)N(CCC(=O)OC)C(=O)N1C. The van der Waals surface area contributed by atoms with Crippen molar-refractivity contribution in [1.82, 2.24) is 14.4 Å². The summed E-state index contributed by atoms with van der Waals surface area (Å²) in [6.07, 6.45) is 1.83. The summed E-state index contributed by atoms with van der Waals surface area (Å²) in [5.74, 6) is 0.220. The van der Waals surface area contributed by atoms with Gasteiger partial charge in [0.1, 0.15) is 11.9 Å². The van der Waals surface area contributed by atoms with Gasteiger partial charge in [-0.1, -0.05) is 4.99 Å². The number of urea groups is 1. The summed E-state index contributed by atoms with van der Waals surface area (Å²) in [5, 5.41) is 0. The van der Waals surface area contributed by atoms with Gasteiger partial charge in [0.2, 0.25) is 11.9 Å². The molecule has 3 rings (SSSR count). The van der Waals surface area contributed by atoms with Gasteiger partial charge >= 0.3 is 17.9 Å². The third-order valence-electron chi connectivity index (χ3n) is 4.41. The van der Waals surface area contributed by atoms with Crippen LogP contribution in [0.15, 0.2) is 11.2 Å². The predicted molar refractivity (Wildman–Crippen MR) is 82.7 cm³/mol. The number of fused-ring (bicyclic) bond motifs is 3. The first-order valence-electron chi connectivity index (χ1n) is 7.76. The standard InChI is InChI=1S/C15H20N5O4/c1-5-18-9(2)8-20-11-12(16-14(18)20)17(3)15(23)19(13(11)22)7-6-10(21)24-4/h8,11H,5-7H2,1-4H3/q+1. The maximum atomic E-state index is 12.9. The van der Waals surface area contributed by atoms with Gasteiger partial charge in [-0.3, -0.25) is 19.4 Å². The van der Waals surface area contributed by atoms with E-state index in [2.05, 4.69) is 9.73 Å². The highest BCUT2D eigenvalue weighted by Gasteiger charge is 2.52. The summed E-state index contributed by atoms with van der Waals surface area (Å²) in [6.45, 7) is 4.65. The minimum Gasteiger partial charge on any atom is -0.469 e. The number of carbonyl (C=O) groups is 3. The van der Waals surface area contributed by atoms with Crippen LogP contribution in [-0.4, -0.2) is 58.8 Å². The van der Waals surface area contributed by atoms with Gasteiger partial charge in [0.05, 0.1) is 20.1 Å². The van der Waals surface area contributed by atoms with Crippen molar-refractivity contribution in [2.75, 3.05) is 20.7 Å². The lowest BCUT2D eigenvalue weighted by atomic mass is 10.1. The van der Waals surface area contributed by atoms with Crippen molar-refractivity contribution in [3.05, 3.63) is 11.9 Å². The molecule has 0 radical (unpaired) electrons. The molecule has 2 aliphatic rings. The van der Waals surface area contributed by atoms with E-state index >= 15 is 0 Å². The molecule has 1 aromatic rings. The molecule has 1 unspecified atom stereocenters. The monoisotopic (exact) mass is 334 g/mol. The number of methoxy groups -OCH3 is 1. The van der Waals surface area contributed by atoms with E-state index in [1.807, 2.05) is 24.6 Å². The van der Waals surface area contributed by atoms with Crippen LogP contribution >= 0.6 is 0 Å². The number of amidine groups is 1. The summed E-state index contributed by atoms with van der Waals surface area (Å²) in [7, 11) is 2.86. The number of aryl methyl sites for hydroxylation is 1. The molecule has 0 aliphatic carbocycles. The first-order chi connectivity index (χ1) is 11.4. The van der Waals surface area contributed by atoms with Crippen molar-refractivity contribution in [3.8, 4) is 0 Å². The van der Waals surface area contributed by atoms with Crippen LogP contribution in [0.2, 0.25) is 0 Å². The number of nitrogens with zero attached hydrogens (tertiary/aromatic N) is 5. The molecule has 1 atom stereocenters. The number of esters is 1. The Hall–Kier alpha value is -2.71.